The highest BCUT2D eigenvalue weighted by atomic mass is 32.1. The van der Waals surface area contributed by atoms with Gasteiger partial charge in [-0.3, -0.25) is 0 Å². The lowest BCUT2D eigenvalue weighted by Crippen LogP contribution is -2.38. The molecule has 0 unspecified atom stereocenters. The van der Waals surface area contributed by atoms with Gasteiger partial charge in [-0.1, -0.05) is 6.07 Å². The summed E-state index contributed by atoms with van der Waals surface area (Å²) in [6, 6.07) is 4.92. The molecule has 5 heteroatoms. The van der Waals surface area contributed by atoms with Crippen molar-refractivity contribution in [1.29, 1.82) is 0 Å². The van der Waals surface area contributed by atoms with E-state index in [1.807, 2.05) is 0 Å². The maximum absolute atomic E-state index is 4.92. The Morgan fingerprint density at radius 1 is 1.20 bits per heavy atom. The minimum Gasteiger partial charge on any atom is -0.351 e. The molecule has 2 aromatic rings. The minimum absolute atomic E-state index is 0.680. The van der Waals surface area contributed by atoms with Gasteiger partial charge in [-0.15, -0.1) is 11.3 Å². The number of anilines is 1. The van der Waals surface area contributed by atoms with Crippen molar-refractivity contribution in [3.8, 4) is 10.7 Å². The summed E-state index contributed by atoms with van der Waals surface area (Å²) in [5, 5.41) is 2.12. The molecule has 0 saturated carbocycles. The van der Waals surface area contributed by atoms with Gasteiger partial charge in [0.15, 0.2) is 5.82 Å². The summed E-state index contributed by atoms with van der Waals surface area (Å²) in [4.78, 5) is 11.3. The molecule has 0 amide bonds. The maximum atomic E-state index is 4.92. The molecule has 3 saturated heterocycles. The van der Waals surface area contributed by atoms with Crippen molar-refractivity contribution in [2.75, 3.05) is 31.1 Å². The summed E-state index contributed by atoms with van der Waals surface area (Å²) < 4.78 is 2.17. The van der Waals surface area contributed by atoms with Crippen LogP contribution in [0.5, 0.6) is 0 Å². The number of aromatic nitrogens is 2. The smallest absolute Gasteiger partial charge is 0.152 e. The molecule has 0 atom stereocenters. The highest BCUT2D eigenvalue weighted by Crippen LogP contribution is 2.30. The van der Waals surface area contributed by atoms with E-state index in [0.29, 0.717) is 6.04 Å². The normalized spacial score (nSPS) is 25.9. The van der Waals surface area contributed by atoms with Crippen LogP contribution in [0.1, 0.15) is 12.8 Å². The van der Waals surface area contributed by atoms with Crippen LogP contribution in [-0.4, -0.2) is 46.7 Å². The zero-order valence-electron chi connectivity index (χ0n) is 11.8. The van der Waals surface area contributed by atoms with Gasteiger partial charge < -0.3 is 14.4 Å². The Hall–Kier alpha value is -1.33. The van der Waals surface area contributed by atoms with Gasteiger partial charge in [-0.2, -0.15) is 0 Å². The number of hydrogen-bond donors (Lipinski definition) is 0. The van der Waals surface area contributed by atoms with E-state index in [2.05, 4.69) is 45.1 Å². The van der Waals surface area contributed by atoms with Crippen LogP contribution < -0.4 is 4.90 Å². The number of imidazole rings is 1. The fourth-order valence-electron chi connectivity index (χ4n) is 3.41. The molecular formula is C15H20N4S. The molecule has 0 aromatic carbocycles. The molecule has 3 fully saturated rings. The van der Waals surface area contributed by atoms with Crippen LogP contribution >= 0.6 is 11.3 Å². The molecule has 5 rings (SSSR count). The van der Waals surface area contributed by atoms with Crippen LogP contribution in [0.2, 0.25) is 0 Å². The van der Waals surface area contributed by atoms with E-state index in [1.54, 1.807) is 11.3 Å². The van der Waals surface area contributed by atoms with Gasteiger partial charge in [0.25, 0.3) is 0 Å². The van der Waals surface area contributed by atoms with E-state index < -0.39 is 0 Å². The fourth-order valence-corrected chi connectivity index (χ4v) is 4.17. The monoisotopic (exact) mass is 288 g/mol. The average molecular weight is 288 g/mol. The second-order valence-corrected chi connectivity index (χ2v) is 6.72. The van der Waals surface area contributed by atoms with Crippen LogP contribution in [0, 0.1) is 0 Å². The molecule has 2 bridgehead atoms. The molecule has 0 N–H and O–H groups in total. The van der Waals surface area contributed by atoms with Crippen LogP contribution in [0.25, 0.3) is 10.7 Å². The Morgan fingerprint density at radius 2 is 2.05 bits per heavy atom. The van der Waals surface area contributed by atoms with Gasteiger partial charge in [0, 0.05) is 45.5 Å². The van der Waals surface area contributed by atoms with Crippen LogP contribution in [0.4, 0.5) is 5.82 Å². The number of aryl methyl sites for hydroxylation is 1. The van der Waals surface area contributed by atoms with Gasteiger partial charge in [0.2, 0.25) is 0 Å². The lowest BCUT2D eigenvalue weighted by atomic mass is 10.1. The van der Waals surface area contributed by atoms with Crippen molar-refractivity contribution in [2.45, 2.75) is 18.9 Å². The van der Waals surface area contributed by atoms with Crippen LogP contribution in [0.3, 0.4) is 0 Å². The van der Waals surface area contributed by atoms with Crippen molar-refractivity contribution >= 4 is 17.2 Å². The summed E-state index contributed by atoms with van der Waals surface area (Å²) in [6.45, 7) is 4.81. The topological polar surface area (TPSA) is 24.3 Å². The first-order chi connectivity index (χ1) is 9.81. The summed E-state index contributed by atoms with van der Waals surface area (Å²) in [7, 11) is 2.10. The standard InChI is InChI=1S/C15H20N4S/c1-17-11-14(16-15(17)13-3-2-10-20-13)19-9-8-18-6-4-12(19)5-7-18/h2-3,10-12H,4-9H2,1H3. The van der Waals surface area contributed by atoms with Crippen molar-refractivity contribution in [3.63, 3.8) is 0 Å². The molecule has 20 heavy (non-hydrogen) atoms. The predicted octanol–water partition coefficient (Wildman–Crippen LogP) is 2.43. The zero-order chi connectivity index (χ0) is 13.5. The van der Waals surface area contributed by atoms with E-state index in [9.17, 15) is 0 Å². The van der Waals surface area contributed by atoms with Gasteiger partial charge in [-0.05, 0) is 24.3 Å². The van der Waals surface area contributed by atoms with Gasteiger partial charge in [0.1, 0.15) is 5.82 Å². The summed E-state index contributed by atoms with van der Waals surface area (Å²) in [6.07, 6.45) is 4.76. The summed E-state index contributed by atoms with van der Waals surface area (Å²) in [5.74, 6) is 2.25. The van der Waals surface area contributed by atoms with E-state index >= 15 is 0 Å². The minimum atomic E-state index is 0.680. The SMILES string of the molecule is Cn1cc(N2CCN3CCC2CC3)nc1-c1cccs1. The van der Waals surface area contributed by atoms with Gasteiger partial charge in [-0.25, -0.2) is 4.98 Å². The molecule has 2 aromatic heterocycles. The number of hydrogen-bond acceptors (Lipinski definition) is 4. The Morgan fingerprint density at radius 3 is 2.80 bits per heavy atom. The van der Waals surface area contributed by atoms with Crippen molar-refractivity contribution in [2.24, 2.45) is 7.05 Å². The summed E-state index contributed by atoms with van der Waals surface area (Å²) >= 11 is 1.76. The van der Waals surface area contributed by atoms with E-state index in [1.165, 1.54) is 37.4 Å². The number of fused-ring (bicyclic) bond motifs is 4. The summed E-state index contributed by atoms with van der Waals surface area (Å²) in [5.41, 5.74) is 0. The molecule has 106 valence electrons. The Kier molecular flexibility index (Phi) is 3.04. The highest BCUT2D eigenvalue weighted by Gasteiger charge is 2.30. The Labute approximate surface area is 123 Å². The predicted molar refractivity (Wildman–Crippen MR) is 83.3 cm³/mol. The third kappa shape index (κ3) is 2.05. The lowest BCUT2D eigenvalue weighted by molar-refractivity contribution is 0.250. The number of piperidine rings is 1. The Balaban J connectivity index is 1.67. The van der Waals surface area contributed by atoms with Gasteiger partial charge >= 0.3 is 0 Å². The first-order valence-electron chi connectivity index (χ1n) is 7.37. The van der Waals surface area contributed by atoms with E-state index in [-0.39, 0.29) is 0 Å². The molecule has 0 aliphatic carbocycles. The van der Waals surface area contributed by atoms with E-state index in [0.717, 1.165) is 18.2 Å². The number of rotatable bonds is 2. The molecule has 0 radical (unpaired) electrons. The largest absolute Gasteiger partial charge is 0.351 e. The lowest BCUT2D eigenvalue weighted by Gasteiger charge is -2.31. The Bertz CT molecular complexity index is 581. The molecule has 5 heterocycles. The first-order valence-corrected chi connectivity index (χ1v) is 8.25. The van der Waals surface area contributed by atoms with E-state index in [4.69, 9.17) is 4.98 Å². The van der Waals surface area contributed by atoms with Crippen molar-refractivity contribution < 1.29 is 0 Å². The van der Waals surface area contributed by atoms with Crippen molar-refractivity contribution in [1.82, 2.24) is 14.5 Å². The number of thiophene rings is 1. The second kappa shape index (κ2) is 4.90. The molecule has 3 aliphatic heterocycles. The second-order valence-electron chi connectivity index (χ2n) is 5.78. The molecular weight excluding hydrogens is 268 g/mol. The highest BCUT2D eigenvalue weighted by molar-refractivity contribution is 7.13. The first kappa shape index (κ1) is 12.4. The molecule has 0 spiro atoms. The van der Waals surface area contributed by atoms with Crippen molar-refractivity contribution in [3.05, 3.63) is 23.7 Å². The van der Waals surface area contributed by atoms with Crippen LogP contribution in [-0.2, 0) is 7.05 Å². The quantitative estimate of drug-likeness (QED) is 0.848. The average Bonchev–Trinajstić information content (AvgIpc) is 3.01. The zero-order valence-corrected chi connectivity index (χ0v) is 12.6. The number of nitrogens with zero attached hydrogens (tertiary/aromatic N) is 4. The van der Waals surface area contributed by atoms with Crippen LogP contribution in [0.15, 0.2) is 23.7 Å². The van der Waals surface area contributed by atoms with Gasteiger partial charge in [0.05, 0.1) is 4.88 Å². The third-order valence-corrected chi connectivity index (χ3v) is 5.42. The third-order valence-electron chi connectivity index (χ3n) is 4.55. The molecule has 4 nitrogen and oxygen atoms in total. The molecule has 3 aliphatic rings. The maximum Gasteiger partial charge on any atom is 0.152 e. The fraction of sp³-hybridized carbons (Fsp3) is 0.533.